The van der Waals surface area contributed by atoms with Gasteiger partial charge < -0.3 is 25.2 Å². The topological polar surface area (TPSA) is 114 Å². The molecular formula is C23H32N6O3. The third-order valence-corrected chi connectivity index (χ3v) is 6.68. The molecule has 3 N–H and O–H groups in total. The monoisotopic (exact) mass is 440 g/mol. The highest BCUT2D eigenvalue weighted by Gasteiger charge is 2.25. The molecule has 1 aliphatic carbocycles. The van der Waals surface area contributed by atoms with Gasteiger partial charge in [-0.1, -0.05) is 19.3 Å². The van der Waals surface area contributed by atoms with Gasteiger partial charge in [-0.15, -0.1) is 0 Å². The molecular weight excluding hydrogens is 408 g/mol. The summed E-state index contributed by atoms with van der Waals surface area (Å²) in [5.41, 5.74) is 0.416. The molecule has 2 aromatic rings. The fourth-order valence-electron chi connectivity index (χ4n) is 4.58. The van der Waals surface area contributed by atoms with Crippen molar-refractivity contribution in [3.63, 3.8) is 0 Å². The molecule has 32 heavy (non-hydrogen) atoms. The predicted octanol–water partition coefficient (Wildman–Crippen LogP) is 1.99. The second-order valence-corrected chi connectivity index (χ2v) is 8.96. The van der Waals surface area contributed by atoms with E-state index in [-0.39, 0.29) is 17.6 Å². The van der Waals surface area contributed by atoms with Crippen LogP contribution < -0.4 is 15.8 Å². The van der Waals surface area contributed by atoms with Crippen molar-refractivity contribution in [2.75, 3.05) is 38.1 Å². The number of hydrogen-bond acceptors (Lipinski definition) is 7. The Morgan fingerprint density at radius 3 is 2.66 bits per heavy atom. The Labute approximate surface area is 187 Å². The second kappa shape index (κ2) is 9.68. The molecule has 1 unspecified atom stereocenters. The number of aromatic hydroxyl groups is 1. The summed E-state index contributed by atoms with van der Waals surface area (Å²) in [6.45, 7) is 5.70. The van der Waals surface area contributed by atoms with Crippen LogP contribution in [-0.2, 0) is 0 Å². The Morgan fingerprint density at radius 1 is 1.22 bits per heavy atom. The molecule has 9 nitrogen and oxygen atoms in total. The Kier molecular flexibility index (Phi) is 6.74. The van der Waals surface area contributed by atoms with Gasteiger partial charge in [0.2, 0.25) is 5.75 Å². The Hall–Kier alpha value is -2.94. The number of likely N-dealkylation sites (N-methyl/N-ethyl adjacent to an activating group) is 1. The number of pyridine rings is 1. The van der Waals surface area contributed by atoms with E-state index in [0.717, 1.165) is 44.7 Å². The lowest BCUT2D eigenvalue weighted by Crippen LogP contribution is -2.44. The van der Waals surface area contributed by atoms with Crippen LogP contribution in [-0.4, -0.2) is 70.1 Å². The van der Waals surface area contributed by atoms with E-state index in [0.29, 0.717) is 11.6 Å². The van der Waals surface area contributed by atoms with Gasteiger partial charge in [-0.2, -0.15) is 0 Å². The lowest BCUT2D eigenvalue weighted by Gasteiger charge is -2.34. The highest BCUT2D eigenvalue weighted by molar-refractivity contribution is 5.95. The van der Waals surface area contributed by atoms with Crippen molar-refractivity contribution in [1.82, 2.24) is 25.2 Å². The number of aromatic amines is 1. The lowest BCUT2D eigenvalue weighted by atomic mass is 9.84. The van der Waals surface area contributed by atoms with Gasteiger partial charge in [0, 0.05) is 44.1 Å². The largest absolute Gasteiger partial charge is 0.501 e. The molecule has 3 heterocycles. The molecule has 1 saturated heterocycles. The Bertz CT molecular complexity index is 1010. The number of nitrogens with zero attached hydrogens (tertiary/aromatic N) is 4. The fourth-order valence-corrected chi connectivity index (χ4v) is 4.58. The van der Waals surface area contributed by atoms with Gasteiger partial charge in [0.15, 0.2) is 11.5 Å². The van der Waals surface area contributed by atoms with Crippen molar-refractivity contribution in [1.29, 1.82) is 0 Å². The Morgan fingerprint density at radius 2 is 1.94 bits per heavy atom. The van der Waals surface area contributed by atoms with E-state index in [9.17, 15) is 14.7 Å². The number of anilines is 1. The number of carbonyl (C=O) groups excluding carboxylic acids is 1. The molecule has 0 radical (unpaired) electrons. The van der Waals surface area contributed by atoms with Gasteiger partial charge in [-0.05, 0) is 44.9 Å². The highest BCUT2D eigenvalue weighted by atomic mass is 16.3. The molecule has 0 aromatic carbocycles. The van der Waals surface area contributed by atoms with Gasteiger partial charge in [0.1, 0.15) is 5.69 Å². The van der Waals surface area contributed by atoms with Crippen molar-refractivity contribution in [2.45, 2.75) is 45.1 Å². The first-order valence-electron chi connectivity index (χ1n) is 11.5. The summed E-state index contributed by atoms with van der Waals surface area (Å²) in [5, 5.41) is 13.2. The maximum Gasteiger partial charge on any atom is 0.294 e. The maximum absolute atomic E-state index is 12.9. The number of hydrogen-bond donors (Lipinski definition) is 3. The number of carbonyl (C=O) groups is 1. The van der Waals surface area contributed by atoms with Crippen molar-refractivity contribution in [3.8, 4) is 17.3 Å². The molecule has 2 aromatic heterocycles. The molecule has 2 fully saturated rings. The number of aromatic nitrogens is 3. The zero-order chi connectivity index (χ0) is 22.7. The highest BCUT2D eigenvalue weighted by Crippen LogP contribution is 2.27. The Balaban J connectivity index is 1.56. The van der Waals surface area contributed by atoms with E-state index < -0.39 is 17.2 Å². The smallest absolute Gasteiger partial charge is 0.294 e. The first-order valence-corrected chi connectivity index (χ1v) is 11.5. The quantitative estimate of drug-likeness (QED) is 0.651. The summed E-state index contributed by atoms with van der Waals surface area (Å²) in [6, 6.07) is 3.73. The summed E-state index contributed by atoms with van der Waals surface area (Å²) in [6.07, 6.45) is 7.38. The third-order valence-electron chi connectivity index (χ3n) is 6.68. The molecule has 1 amide bonds. The predicted molar refractivity (Wildman–Crippen MR) is 123 cm³/mol. The van der Waals surface area contributed by atoms with E-state index >= 15 is 0 Å². The maximum atomic E-state index is 12.9. The summed E-state index contributed by atoms with van der Waals surface area (Å²) in [4.78, 5) is 41.0. The van der Waals surface area contributed by atoms with E-state index in [1.165, 1.54) is 19.3 Å². The summed E-state index contributed by atoms with van der Waals surface area (Å²) >= 11 is 0. The minimum Gasteiger partial charge on any atom is -0.501 e. The van der Waals surface area contributed by atoms with Gasteiger partial charge in [-0.25, -0.2) is 4.98 Å². The van der Waals surface area contributed by atoms with Crippen molar-refractivity contribution < 1.29 is 9.90 Å². The van der Waals surface area contributed by atoms with Crippen LogP contribution in [0.15, 0.2) is 23.1 Å². The lowest BCUT2D eigenvalue weighted by molar-refractivity contribution is 0.0911. The number of piperazine rings is 1. The zero-order valence-electron chi connectivity index (χ0n) is 18.8. The average molecular weight is 441 g/mol. The second-order valence-electron chi connectivity index (χ2n) is 8.96. The van der Waals surface area contributed by atoms with Crippen molar-refractivity contribution in [2.24, 2.45) is 5.92 Å². The molecule has 2 aliphatic rings. The van der Waals surface area contributed by atoms with Crippen LogP contribution in [0.1, 0.15) is 49.5 Å². The molecule has 1 aliphatic heterocycles. The van der Waals surface area contributed by atoms with Crippen LogP contribution in [0.5, 0.6) is 5.75 Å². The summed E-state index contributed by atoms with van der Waals surface area (Å²) in [5.74, 6) is -0.641. The van der Waals surface area contributed by atoms with Gasteiger partial charge in [0.25, 0.3) is 11.5 Å². The summed E-state index contributed by atoms with van der Waals surface area (Å²) in [7, 11) is 2.10. The standard InChI is InChI=1S/C23H32N6O3/c1-15(16-6-4-3-5-7-16)25-22(31)19-20(30)23(32)27-21(26-19)18-14-17(8-9-24-18)29-12-10-28(2)11-13-29/h8-9,14-16,30H,3-7,10-13H2,1-2H3,(H,25,31)(H,26,27,32). The van der Waals surface area contributed by atoms with Gasteiger partial charge >= 0.3 is 0 Å². The molecule has 0 bridgehead atoms. The van der Waals surface area contributed by atoms with Gasteiger partial charge in [0.05, 0.1) is 0 Å². The van der Waals surface area contributed by atoms with Crippen molar-refractivity contribution in [3.05, 3.63) is 34.4 Å². The first-order chi connectivity index (χ1) is 15.4. The third kappa shape index (κ3) is 4.93. The van der Waals surface area contributed by atoms with Crippen LogP contribution >= 0.6 is 0 Å². The van der Waals surface area contributed by atoms with Crippen LogP contribution in [0.25, 0.3) is 11.5 Å². The molecule has 172 valence electrons. The number of rotatable bonds is 5. The van der Waals surface area contributed by atoms with E-state index in [4.69, 9.17) is 0 Å². The number of H-pyrrole nitrogens is 1. The van der Waals surface area contributed by atoms with Crippen LogP contribution in [0.3, 0.4) is 0 Å². The minimum absolute atomic E-state index is 0.0505. The number of nitrogens with one attached hydrogen (secondary N) is 2. The first kappa shape index (κ1) is 22.3. The molecule has 0 spiro atoms. The SMILES string of the molecule is CC(NC(=O)c1nc(-c2cc(N3CCN(C)CC3)ccn2)[nH]c(=O)c1O)C1CCCCC1. The summed E-state index contributed by atoms with van der Waals surface area (Å²) < 4.78 is 0. The van der Waals surface area contributed by atoms with Crippen LogP contribution in [0.4, 0.5) is 5.69 Å². The van der Waals surface area contributed by atoms with Crippen LogP contribution in [0.2, 0.25) is 0 Å². The molecule has 4 rings (SSSR count). The van der Waals surface area contributed by atoms with E-state index in [1.807, 2.05) is 19.1 Å². The van der Waals surface area contributed by atoms with E-state index in [2.05, 4.69) is 37.1 Å². The van der Waals surface area contributed by atoms with E-state index in [1.54, 1.807) is 6.20 Å². The molecule has 1 saturated carbocycles. The van der Waals surface area contributed by atoms with Gasteiger partial charge in [-0.3, -0.25) is 14.6 Å². The normalized spacial score (nSPS) is 19.0. The van der Waals surface area contributed by atoms with Crippen molar-refractivity contribution >= 4 is 11.6 Å². The molecule has 9 heteroatoms. The molecule has 1 atom stereocenters. The minimum atomic E-state index is -0.753. The number of amides is 1. The average Bonchev–Trinajstić information content (AvgIpc) is 2.81. The van der Waals surface area contributed by atoms with Crippen LogP contribution in [0, 0.1) is 5.92 Å². The fraction of sp³-hybridized carbons (Fsp3) is 0.565. The zero-order valence-corrected chi connectivity index (χ0v) is 18.8.